The molecule has 0 spiro atoms. The Morgan fingerprint density at radius 3 is 2.80 bits per heavy atom. The van der Waals surface area contributed by atoms with Gasteiger partial charge in [0.2, 0.25) is 10.0 Å². The van der Waals surface area contributed by atoms with E-state index in [1.807, 2.05) is 6.92 Å². The van der Waals surface area contributed by atoms with Crippen LogP contribution in [0.25, 0.3) is 0 Å². The Morgan fingerprint density at radius 1 is 1.35 bits per heavy atom. The summed E-state index contributed by atoms with van der Waals surface area (Å²) >= 11 is 7.05. The Labute approximate surface area is 240 Å². The minimum atomic E-state index is -4.35. The zero-order valence-corrected chi connectivity index (χ0v) is 24.6. The van der Waals surface area contributed by atoms with Gasteiger partial charge in [-0.15, -0.1) is 15.7 Å². The lowest BCUT2D eigenvalue weighted by atomic mass is 9.68. The van der Waals surface area contributed by atoms with Gasteiger partial charge in [0, 0.05) is 24.6 Å². The number of aliphatic hydroxyl groups is 1. The van der Waals surface area contributed by atoms with Gasteiger partial charge in [0.25, 0.3) is 15.9 Å². The summed E-state index contributed by atoms with van der Waals surface area (Å²) < 4.78 is 69.8. The lowest BCUT2D eigenvalue weighted by Crippen LogP contribution is -2.61. The highest BCUT2D eigenvalue weighted by atomic mass is 35.5. The molecule has 40 heavy (non-hydrogen) atoms. The van der Waals surface area contributed by atoms with E-state index in [9.17, 15) is 31.1 Å². The molecule has 4 aliphatic rings. The Bertz CT molecular complexity index is 1740. The predicted molar refractivity (Wildman–Crippen MR) is 149 cm³/mol. The van der Waals surface area contributed by atoms with Crippen molar-refractivity contribution in [1.29, 1.82) is 0 Å². The molecule has 1 aromatic carbocycles. The van der Waals surface area contributed by atoms with Crippen molar-refractivity contribution in [2.45, 2.75) is 49.7 Å². The number of carbonyl (C=O) groups excluding carboxylic acids is 1. The van der Waals surface area contributed by atoms with Crippen LogP contribution in [0.5, 0.6) is 0 Å². The maximum Gasteiger partial charge on any atom is 0.287 e. The summed E-state index contributed by atoms with van der Waals surface area (Å²) in [5.74, 6) is -1.85. The molecule has 0 saturated heterocycles. The molecule has 4 atom stereocenters. The van der Waals surface area contributed by atoms with Crippen LogP contribution < -0.4 is 10.0 Å². The van der Waals surface area contributed by atoms with Crippen LogP contribution in [0.4, 0.5) is 9.39 Å². The first kappa shape index (κ1) is 27.6. The third-order valence-corrected chi connectivity index (χ3v) is 12.0. The molecule has 10 nitrogen and oxygen atoms in total. The largest absolute Gasteiger partial charge is 0.511 e. The molecule has 15 heteroatoms. The summed E-state index contributed by atoms with van der Waals surface area (Å²) in [6.07, 6.45) is 3.55. The van der Waals surface area contributed by atoms with Crippen LogP contribution in [-0.4, -0.2) is 50.4 Å². The highest BCUT2D eigenvalue weighted by molar-refractivity contribution is 7.91. The quantitative estimate of drug-likeness (QED) is 0.442. The highest BCUT2D eigenvalue weighted by Crippen LogP contribution is 2.61. The first-order valence-electron chi connectivity index (χ1n) is 12.6. The van der Waals surface area contributed by atoms with Gasteiger partial charge in [0.05, 0.1) is 16.8 Å². The Hall–Kier alpha value is -2.52. The van der Waals surface area contributed by atoms with Crippen LogP contribution >= 0.6 is 22.9 Å². The first-order chi connectivity index (χ1) is 18.7. The zero-order chi connectivity index (χ0) is 28.8. The Kier molecular flexibility index (Phi) is 6.39. The number of hydrogen-bond donors (Lipinski definition) is 3. The molecule has 0 unspecified atom stereocenters. The zero-order valence-electron chi connectivity index (χ0n) is 21.4. The third kappa shape index (κ3) is 4.26. The number of nitrogens with one attached hydrogen (secondary N) is 2. The monoisotopic (exact) mass is 628 g/mol. The number of sulfonamides is 2. The number of halogens is 2. The number of aliphatic hydroxyl groups excluding tert-OH is 1. The van der Waals surface area contributed by atoms with Crippen LogP contribution in [0.15, 0.2) is 44.2 Å². The van der Waals surface area contributed by atoms with E-state index in [1.54, 1.807) is 11.0 Å². The summed E-state index contributed by atoms with van der Waals surface area (Å²) in [6.45, 7) is 1.78. The average molecular weight is 629 g/mol. The molecule has 2 saturated carbocycles. The van der Waals surface area contributed by atoms with Gasteiger partial charge in [-0.2, -0.15) is 8.42 Å². The lowest BCUT2D eigenvalue weighted by Gasteiger charge is -2.52. The second-order valence-corrected chi connectivity index (χ2v) is 15.6. The molecule has 0 radical (unpaired) electrons. The molecule has 2 aromatic rings. The lowest BCUT2D eigenvalue weighted by molar-refractivity contribution is -0.141. The number of anilines is 1. The molecule has 2 bridgehead atoms. The van der Waals surface area contributed by atoms with Gasteiger partial charge < -0.3 is 15.3 Å². The van der Waals surface area contributed by atoms with E-state index in [0.717, 1.165) is 36.9 Å². The van der Waals surface area contributed by atoms with Crippen LogP contribution in [-0.2, 0) is 37.9 Å². The van der Waals surface area contributed by atoms with E-state index in [1.165, 1.54) is 17.5 Å². The van der Waals surface area contributed by atoms with E-state index in [4.69, 9.17) is 11.6 Å². The van der Waals surface area contributed by atoms with Crippen LogP contribution in [0.1, 0.15) is 37.3 Å². The Morgan fingerprint density at radius 2 is 2.10 bits per heavy atom. The normalized spacial score (nSPS) is 28.8. The van der Waals surface area contributed by atoms with Crippen molar-refractivity contribution < 1.29 is 31.1 Å². The van der Waals surface area contributed by atoms with Gasteiger partial charge in [0.1, 0.15) is 27.0 Å². The van der Waals surface area contributed by atoms with E-state index < -0.39 is 43.2 Å². The fraction of sp³-hybridized carbons (Fsp3) is 0.440. The van der Waals surface area contributed by atoms with Gasteiger partial charge in [-0.3, -0.25) is 4.79 Å². The Balaban J connectivity index is 1.42. The molecular formula is C25H26ClFN4O6S3. The minimum absolute atomic E-state index is 0.0778. The second-order valence-electron chi connectivity index (χ2n) is 10.9. The number of nitrogens with zero attached hydrogens (tertiary/aromatic N) is 2. The van der Waals surface area contributed by atoms with E-state index in [2.05, 4.69) is 14.4 Å². The van der Waals surface area contributed by atoms with Crippen molar-refractivity contribution in [2.24, 2.45) is 22.2 Å². The number of benzene rings is 1. The summed E-state index contributed by atoms with van der Waals surface area (Å²) in [5, 5.41) is 16.1. The van der Waals surface area contributed by atoms with Gasteiger partial charge in [0.15, 0.2) is 5.84 Å². The summed E-state index contributed by atoms with van der Waals surface area (Å²) in [5.41, 5.74) is -0.148. The van der Waals surface area contributed by atoms with E-state index in [-0.39, 0.29) is 62.6 Å². The van der Waals surface area contributed by atoms with Gasteiger partial charge in [-0.1, -0.05) is 17.7 Å². The molecular weight excluding hydrogens is 603 g/mol. The maximum atomic E-state index is 14.2. The standard InChI is InChI=1S/C25H26ClFN4O6S3/c1-25-15-5-4-13(8-15)19(25)20(32)18(24(33)31(25)10-12-3-6-17(27)16(26)7-12)22-29-23-21(40(36,37)30-22)14(11-38-23)9-28-39(2,34)35/h3,6-7,11,13,15,19,28,32H,4-5,8-10H2,1-2H3,(H,29,30)/t13-,15+,19-,25-/m0/s1. The number of amides is 1. The van der Waals surface area contributed by atoms with Crippen molar-refractivity contribution in [2.75, 3.05) is 11.6 Å². The molecule has 1 aromatic heterocycles. The molecule has 1 amide bonds. The number of rotatable bonds is 6. The van der Waals surface area contributed by atoms with Gasteiger partial charge in [-0.25, -0.2) is 17.5 Å². The fourth-order valence-electron chi connectivity index (χ4n) is 6.86. The SMILES string of the molecule is C[C@]12[C@@H]3CC[C@@H](C3)[C@H]1C(O)=C(C1=NS(=O)(=O)c3c(CNS(C)(=O)=O)csc3N1)C(=O)N2Cc1ccc(F)c(Cl)c1. The van der Waals surface area contributed by atoms with Gasteiger partial charge in [-0.05, 0) is 61.1 Å². The molecule has 2 fully saturated rings. The molecule has 2 aliphatic heterocycles. The first-order valence-corrected chi connectivity index (χ1v) is 17.2. The van der Waals surface area contributed by atoms with Crippen LogP contribution in [0.3, 0.4) is 0 Å². The van der Waals surface area contributed by atoms with E-state index >= 15 is 0 Å². The van der Waals surface area contributed by atoms with Gasteiger partial charge >= 0.3 is 0 Å². The number of carbonyl (C=O) groups is 1. The minimum Gasteiger partial charge on any atom is -0.511 e. The van der Waals surface area contributed by atoms with E-state index in [0.29, 0.717) is 5.56 Å². The molecule has 3 heterocycles. The summed E-state index contributed by atoms with van der Waals surface area (Å²) in [7, 11) is -7.93. The second kappa shape index (κ2) is 9.24. The van der Waals surface area contributed by atoms with Crippen LogP contribution in [0, 0.1) is 23.6 Å². The number of thiophene rings is 1. The fourth-order valence-corrected chi connectivity index (χ4v) is 10.1. The number of amidine groups is 1. The van der Waals surface area contributed by atoms with Crippen molar-refractivity contribution in [1.82, 2.24) is 9.62 Å². The van der Waals surface area contributed by atoms with Crippen molar-refractivity contribution in [3.05, 3.63) is 56.9 Å². The molecule has 2 aliphatic carbocycles. The molecule has 6 rings (SSSR count). The van der Waals surface area contributed by atoms with Crippen molar-refractivity contribution >= 4 is 59.7 Å². The van der Waals surface area contributed by atoms with Crippen molar-refractivity contribution in [3.8, 4) is 0 Å². The highest BCUT2D eigenvalue weighted by Gasteiger charge is 2.64. The number of hydrogen-bond acceptors (Lipinski definition) is 8. The average Bonchev–Trinajstić information content (AvgIpc) is 3.56. The summed E-state index contributed by atoms with van der Waals surface area (Å²) in [4.78, 5) is 15.6. The maximum absolute atomic E-state index is 14.2. The van der Waals surface area contributed by atoms with Crippen molar-refractivity contribution in [3.63, 3.8) is 0 Å². The smallest absolute Gasteiger partial charge is 0.287 e. The number of fused-ring (bicyclic) bond motifs is 6. The molecule has 214 valence electrons. The topological polar surface area (TPSA) is 145 Å². The van der Waals surface area contributed by atoms with Crippen LogP contribution in [0.2, 0.25) is 5.02 Å². The summed E-state index contributed by atoms with van der Waals surface area (Å²) in [6, 6.07) is 4.23. The predicted octanol–water partition coefficient (Wildman–Crippen LogP) is 3.76. The molecule has 3 N–H and O–H groups in total. The third-order valence-electron chi connectivity index (χ3n) is 8.60.